The summed E-state index contributed by atoms with van der Waals surface area (Å²) in [5, 5.41) is 10.3. The monoisotopic (exact) mass is 333 g/mol. The molecule has 0 aliphatic heterocycles. The average molecular weight is 334 g/mol. The molecule has 2 aromatic rings. The molecule has 0 saturated heterocycles. The van der Waals surface area contributed by atoms with Crippen molar-refractivity contribution in [2.24, 2.45) is 5.41 Å². The zero-order valence-corrected chi connectivity index (χ0v) is 13.5. The van der Waals surface area contributed by atoms with E-state index in [0.29, 0.717) is 0 Å². The summed E-state index contributed by atoms with van der Waals surface area (Å²) in [7, 11) is 0. The highest BCUT2D eigenvalue weighted by Gasteiger charge is 2.33. The molecule has 0 radical (unpaired) electrons. The van der Waals surface area contributed by atoms with Crippen molar-refractivity contribution < 1.29 is 5.11 Å². The van der Waals surface area contributed by atoms with Gasteiger partial charge in [-0.05, 0) is 36.0 Å². The van der Waals surface area contributed by atoms with Crippen LogP contribution in [0.5, 0.6) is 0 Å². The van der Waals surface area contributed by atoms with Gasteiger partial charge < -0.3 is 9.67 Å². The number of hydrogen-bond acceptors (Lipinski definition) is 1. The molecule has 0 bridgehead atoms. The van der Waals surface area contributed by atoms with E-state index in [9.17, 15) is 5.11 Å². The number of aromatic nitrogens is 1. The van der Waals surface area contributed by atoms with Crippen LogP contribution in [0.25, 0.3) is 0 Å². The van der Waals surface area contributed by atoms with Gasteiger partial charge in [0.05, 0.1) is 6.10 Å². The Hall–Kier alpha value is -1.06. The van der Waals surface area contributed by atoms with Crippen LogP contribution in [0.4, 0.5) is 0 Å². The molecule has 1 atom stereocenters. The van der Waals surface area contributed by atoms with Gasteiger partial charge >= 0.3 is 0 Å². The van der Waals surface area contributed by atoms with E-state index < -0.39 is 0 Å². The van der Waals surface area contributed by atoms with E-state index in [-0.39, 0.29) is 11.5 Å². The van der Waals surface area contributed by atoms with Gasteiger partial charge in [0.15, 0.2) is 0 Å². The standard InChI is InChI=1S/C17H20BrNO/c1-17(2)9-15-13(16(20)10-17)7-8-19(15)11-12-5-3-4-6-14(12)18/h3-8,16,20H,9-11H2,1-2H3. The summed E-state index contributed by atoms with van der Waals surface area (Å²) in [5.74, 6) is 0. The summed E-state index contributed by atoms with van der Waals surface area (Å²) in [6, 6.07) is 10.4. The Morgan fingerprint density at radius 1 is 1.30 bits per heavy atom. The molecule has 0 spiro atoms. The number of fused-ring (bicyclic) bond motifs is 1. The summed E-state index contributed by atoms with van der Waals surface area (Å²) in [6.07, 6.45) is 3.65. The predicted octanol–water partition coefficient (Wildman–Crippen LogP) is 4.30. The van der Waals surface area contributed by atoms with Crippen molar-refractivity contribution >= 4 is 15.9 Å². The largest absolute Gasteiger partial charge is 0.388 e. The van der Waals surface area contributed by atoms with Gasteiger partial charge in [-0.3, -0.25) is 0 Å². The fourth-order valence-corrected chi connectivity index (χ4v) is 3.56. The van der Waals surface area contributed by atoms with Crippen LogP contribution < -0.4 is 0 Å². The van der Waals surface area contributed by atoms with Gasteiger partial charge in [0.2, 0.25) is 0 Å². The van der Waals surface area contributed by atoms with Crippen molar-refractivity contribution in [1.82, 2.24) is 4.57 Å². The minimum absolute atomic E-state index is 0.163. The Morgan fingerprint density at radius 3 is 2.80 bits per heavy atom. The second-order valence-corrected chi connectivity index (χ2v) is 7.35. The van der Waals surface area contributed by atoms with Gasteiger partial charge in [0, 0.05) is 28.5 Å². The minimum atomic E-state index is -0.325. The third-order valence-corrected chi connectivity index (χ3v) is 4.94. The van der Waals surface area contributed by atoms with Gasteiger partial charge in [-0.25, -0.2) is 0 Å². The number of halogens is 1. The number of rotatable bonds is 2. The second kappa shape index (κ2) is 5.05. The molecule has 0 fully saturated rings. The molecule has 1 aliphatic rings. The Balaban J connectivity index is 1.95. The van der Waals surface area contributed by atoms with E-state index in [0.717, 1.165) is 29.4 Å². The van der Waals surface area contributed by atoms with Gasteiger partial charge in [-0.2, -0.15) is 0 Å². The summed E-state index contributed by atoms with van der Waals surface area (Å²) < 4.78 is 3.41. The molecule has 1 aromatic carbocycles. The van der Waals surface area contributed by atoms with Gasteiger partial charge in [0.25, 0.3) is 0 Å². The molecule has 1 unspecified atom stereocenters. The SMILES string of the molecule is CC1(C)Cc2c(ccn2Cc2ccccc2Br)C(O)C1. The first kappa shape index (κ1) is 13.9. The van der Waals surface area contributed by atoms with E-state index in [1.165, 1.54) is 11.3 Å². The first-order valence-corrected chi connectivity index (χ1v) is 7.85. The minimum Gasteiger partial charge on any atom is -0.388 e. The van der Waals surface area contributed by atoms with Crippen LogP contribution in [0, 0.1) is 5.41 Å². The lowest BCUT2D eigenvalue weighted by molar-refractivity contribution is 0.0981. The predicted molar refractivity (Wildman–Crippen MR) is 84.7 cm³/mol. The molecular formula is C17H20BrNO. The molecule has 0 amide bonds. The molecule has 106 valence electrons. The molecule has 3 rings (SSSR count). The summed E-state index contributed by atoms with van der Waals surface area (Å²) in [4.78, 5) is 0. The highest BCUT2D eigenvalue weighted by atomic mass is 79.9. The Bertz CT molecular complexity index is 630. The summed E-state index contributed by atoms with van der Waals surface area (Å²) in [6.45, 7) is 5.31. The van der Waals surface area contributed by atoms with Crippen molar-refractivity contribution in [2.45, 2.75) is 39.3 Å². The van der Waals surface area contributed by atoms with Crippen LogP contribution in [-0.4, -0.2) is 9.67 Å². The van der Waals surface area contributed by atoms with Crippen molar-refractivity contribution in [3.63, 3.8) is 0 Å². The van der Waals surface area contributed by atoms with Gasteiger partial charge in [-0.1, -0.05) is 48.0 Å². The topological polar surface area (TPSA) is 25.2 Å². The van der Waals surface area contributed by atoms with Crippen LogP contribution in [0.1, 0.15) is 43.2 Å². The molecule has 20 heavy (non-hydrogen) atoms. The van der Waals surface area contributed by atoms with Crippen LogP contribution in [-0.2, 0) is 13.0 Å². The van der Waals surface area contributed by atoms with Crippen molar-refractivity contribution in [1.29, 1.82) is 0 Å². The van der Waals surface area contributed by atoms with Gasteiger partial charge in [-0.15, -0.1) is 0 Å². The third kappa shape index (κ3) is 2.57. The number of hydrogen-bond donors (Lipinski definition) is 1. The van der Waals surface area contributed by atoms with Gasteiger partial charge in [0.1, 0.15) is 0 Å². The Kier molecular flexibility index (Phi) is 3.51. The second-order valence-electron chi connectivity index (χ2n) is 6.50. The lowest BCUT2D eigenvalue weighted by atomic mass is 9.75. The maximum absolute atomic E-state index is 10.3. The van der Waals surface area contributed by atoms with Crippen molar-refractivity contribution in [3.8, 4) is 0 Å². The fraction of sp³-hybridized carbons (Fsp3) is 0.412. The zero-order valence-electron chi connectivity index (χ0n) is 11.9. The lowest BCUT2D eigenvalue weighted by Crippen LogP contribution is -2.26. The van der Waals surface area contributed by atoms with Crippen molar-refractivity contribution in [2.75, 3.05) is 0 Å². The Morgan fingerprint density at radius 2 is 2.05 bits per heavy atom. The van der Waals surface area contributed by atoms with Crippen molar-refractivity contribution in [3.05, 3.63) is 57.8 Å². The van der Waals surface area contributed by atoms with E-state index in [4.69, 9.17) is 0 Å². The highest BCUT2D eigenvalue weighted by Crippen LogP contribution is 2.41. The average Bonchev–Trinajstić information content (AvgIpc) is 2.74. The number of aliphatic hydroxyl groups excluding tert-OH is 1. The fourth-order valence-electron chi connectivity index (χ4n) is 3.15. The molecule has 1 N–H and O–H groups in total. The summed E-state index contributed by atoms with van der Waals surface area (Å²) >= 11 is 3.61. The van der Waals surface area contributed by atoms with Crippen LogP contribution >= 0.6 is 15.9 Å². The third-order valence-electron chi connectivity index (χ3n) is 4.16. The summed E-state index contributed by atoms with van der Waals surface area (Å²) in [5.41, 5.74) is 3.82. The molecule has 2 nitrogen and oxygen atoms in total. The maximum Gasteiger partial charge on any atom is 0.0812 e. The molecule has 1 heterocycles. The first-order valence-electron chi connectivity index (χ1n) is 7.06. The normalized spacial score (nSPS) is 20.7. The maximum atomic E-state index is 10.3. The van der Waals surface area contributed by atoms with Crippen LogP contribution in [0.2, 0.25) is 0 Å². The van der Waals surface area contributed by atoms with Crippen LogP contribution in [0.3, 0.4) is 0 Å². The molecule has 1 aromatic heterocycles. The van der Waals surface area contributed by atoms with E-state index in [1.54, 1.807) is 0 Å². The van der Waals surface area contributed by atoms with E-state index >= 15 is 0 Å². The highest BCUT2D eigenvalue weighted by molar-refractivity contribution is 9.10. The molecular weight excluding hydrogens is 314 g/mol. The van der Waals surface area contributed by atoms with Crippen LogP contribution in [0.15, 0.2) is 41.0 Å². The smallest absolute Gasteiger partial charge is 0.0812 e. The first-order chi connectivity index (χ1) is 9.46. The molecule has 0 saturated carbocycles. The molecule has 3 heteroatoms. The van der Waals surface area contributed by atoms with E-state index in [2.05, 4.69) is 64.8 Å². The Labute approximate surface area is 128 Å². The molecule has 1 aliphatic carbocycles. The zero-order chi connectivity index (χ0) is 14.3. The number of aliphatic hydroxyl groups is 1. The number of nitrogens with zero attached hydrogens (tertiary/aromatic N) is 1. The van der Waals surface area contributed by atoms with E-state index in [1.807, 2.05) is 6.07 Å². The lowest BCUT2D eigenvalue weighted by Gasteiger charge is -2.34. The number of benzene rings is 1. The quantitative estimate of drug-likeness (QED) is 0.870.